The third-order valence-electron chi connectivity index (χ3n) is 4.71. The molecule has 3 aromatic rings. The number of piperazine rings is 1. The number of aromatic nitrogens is 2. The molecule has 2 N–H and O–H groups in total. The molecule has 2 unspecified atom stereocenters. The average molecular weight is 603 g/mol. The van der Waals surface area contributed by atoms with Crippen molar-refractivity contribution < 1.29 is 42.8 Å². The van der Waals surface area contributed by atoms with Crippen molar-refractivity contribution in [1.29, 1.82) is 0 Å². The summed E-state index contributed by atoms with van der Waals surface area (Å²) >= 11 is 1.03. The quantitative estimate of drug-likeness (QED) is 0.467. The summed E-state index contributed by atoms with van der Waals surface area (Å²) in [5.41, 5.74) is 4.68. The molecule has 0 radical (unpaired) electrons. The maximum absolute atomic E-state index is 4.96. The van der Waals surface area contributed by atoms with Gasteiger partial charge in [0.15, 0.2) is 0 Å². The van der Waals surface area contributed by atoms with Gasteiger partial charge in [-0.3, -0.25) is 0 Å². The third-order valence-corrected chi connectivity index (χ3v) is 9.17. The number of imidazole rings is 1. The molecular formula is C18H19N4RaRb. The van der Waals surface area contributed by atoms with E-state index in [1.165, 1.54) is 11.9 Å². The van der Waals surface area contributed by atoms with Gasteiger partial charge in [0.25, 0.3) is 0 Å². The molecule has 1 aliphatic rings. The van der Waals surface area contributed by atoms with Crippen LogP contribution in [0.25, 0.3) is 22.4 Å². The van der Waals surface area contributed by atoms with Crippen molar-refractivity contribution in [3.63, 3.8) is 0 Å². The first-order valence-electron chi connectivity index (χ1n) is 8.67. The molecule has 2 aromatic carbocycles. The SMILES string of the molecule is CC1CN(c2cccc3[nH]c(-c4cc[c]([RaH])cc4)nc23)C[CH]([Rb])N1. The third kappa shape index (κ3) is 3.94. The zero-order valence-electron chi connectivity index (χ0n) is 14.5. The van der Waals surface area contributed by atoms with Gasteiger partial charge in [-0.1, -0.05) is 0 Å². The summed E-state index contributed by atoms with van der Waals surface area (Å²) in [6.45, 7) is 4.44. The minimum atomic E-state index is 0.420. The molecule has 0 saturated carbocycles. The number of nitrogens with zero attached hydrogens (tertiary/aromatic N) is 2. The molecule has 0 aliphatic carbocycles. The van der Waals surface area contributed by atoms with Crippen molar-refractivity contribution in [2.24, 2.45) is 0 Å². The van der Waals surface area contributed by atoms with Crippen LogP contribution < -0.4 is 10.8 Å². The number of rotatable bonds is 2. The van der Waals surface area contributed by atoms with Crippen LogP contribution in [-0.4, -0.2) is 83.7 Å². The van der Waals surface area contributed by atoms with Crippen LogP contribution in [-0.2, 0) is 0 Å². The van der Waals surface area contributed by atoms with Crippen LogP contribution in [0, 0.1) is 42.8 Å². The van der Waals surface area contributed by atoms with Gasteiger partial charge in [-0.05, 0) is 0 Å². The molecule has 1 aliphatic heterocycles. The topological polar surface area (TPSA) is 44.0 Å². The van der Waals surface area contributed by atoms with E-state index in [-0.39, 0.29) is 0 Å². The van der Waals surface area contributed by atoms with Gasteiger partial charge in [-0.15, -0.1) is 0 Å². The van der Waals surface area contributed by atoms with Gasteiger partial charge >= 0.3 is 215 Å². The van der Waals surface area contributed by atoms with Crippen LogP contribution in [0.5, 0.6) is 0 Å². The van der Waals surface area contributed by atoms with Gasteiger partial charge in [0, 0.05) is 0 Å². The van der Waals surface area contributed by atoms with E-state index in [2.05, 4.69) is 64.6 Å². The minimum absolute atomic E-state index is 0.420. The Labute approximate surface area is 210 Å². The Kier molecular flexibility index (Phi) is 6.03. The predicted molar refractivity (Wildman–Crippen MR) is 96.9 cm³/mol. The number of fused-ring (bicyclic) bond motifs is 1. The number of aromatic amines is 1. The summed E-state index contributed by atoms with van der Waals surface area (Å²) in [5.74, 6) is 0.977. The van der Waals surface area contributed by atoms with Crippen molar-refractivity contribution in [2.75, 3.05) is 18.0 Å². The van der Waals surface area contributed by atoms with E-state index in [0.29, 0.717) is 103 Å². The molecule has 0 amide bonds. The van der Waals surface area contributed by atoms with E-state index in [1.54, 1.807) is 0 Å². The Balaban J connectivity index is 1.76. The summed E-state index contributed by atoms with van der Waals surface area (Å²) < 4.78 is 2.20. The normalized spacial score (nSPS) is 21.3. The van der Waals surface area contributed by atoms with Crippen LogP contribution in [0.2, 0.25) is 0 Å². The monoisotopic (exact) mass is 602 g/mol. The Morgan fingerprint density at radius 1 is 1.17 bits per heavy atom. The second-order valence-electron chi connectivity index (χ2n) is 7.00. The molecule has 4 rings (SSSR count). The first-order chi connectivity index (χ1) is 11.6. The number of para-hydroxylation sites is 1. The van der Waals surface area contributed by atoms with Gasteiger partial charge < -0.3 is 0 Å². The molecule has 0 bridgehead atoms. The summed E-state index contributed by atoms with van der Waals surface area (Å²) in [6.07, 6.45) is 0. The van der Waals surface area contributed by atoms with Crippen molar-refractivity contribution in [2.45, 2.75) is 12.1 Å². The molecule has 6 heteroatoms. The van der Waals surface area contributed by atoms with Gasteiger partial charge in [-0.2, -0.15) is 0 Å². The van der Waals surface area contributed by atoms with E-state index in [9.17, 15) is 0 Å². The van der Waals surface area contributed by atoms with Crippen LogP contribution in [0.1, 0.15) is 6.92 Å². The number of benzene rings is 2. The summed E-state index contributed by atoms with van der Waals surface area (Å²) in [6, 6.07) is 15.9. The van der Waals surface area contributed by atoms with E-state index in [4.69, 9.17) is 4.98 Å². The van der Waals surface area contributed by atoms with E-state index in [0.717, 1.165) is 29.9 Å². The fourth-order valence-electron chi connectivity index (χ4n) is 3.64. The van der Waals surface area contributed by atoms with Crippen molar-refractivity contribution in [3.8, 4) is 11.4 Å². The standard InChI is InChI=1S/C18H18N4.Ra.Rb.H/c1-13-12-22(11-10-19-13)16-9-5-8-15-17(16)21-18(20-15)14-6-3-2-4-7-14;;;/h3-10,13,19H,11-12H2,1H3,(H,20,21);;;. The first kappa shape index (κ1) is 18.3. The Bertz CT molecular complexity index is 851. The summed E-state index contributed by atoms with van der Waals surface area (Å²) in [7, 11) is 0. The second-order valence-corrected chi connectivity index (χ2v) is 15.2. The Morgan fingerprint density at radius 2 is 1.96 bits per heavy atom. The fourth-order valence-corrected chi connectivity index (χ4v) is 7.50. The summed E-state index contributed by atoms with van der Waals surface area (Å²) in [4.78, 5) is 11.0. The molecule has 24 heavy (non-hydrogen) atoms. The van der Waals surface area contributed by atoms with Gasteiger partial charge in [0.1, 0.15) is 0 Å². The zero-order valence-corrected chi connectivity index (χ0v) is 27.6. The molecule has 0 spiro atoms. The second kappa shape index (κ2) is 7.90. The molecular weight excluding hydrogens is 584 g/mol. The number of hydrogen-bond acceptors (Lipinski definition) is 3. The van der Waals surface area contributed by atoms with E-state index >= 15 is 0 Å². The van der Waals surface area contributed by atoms with Crippen molar-refractivity contribution in [3.05, 3.63) is 42.5 Å². The van der Waals surface area contributed by atoms with Crippen LogP contribution in [0.3, 0.4) is 0 Å². The van der Waals surface area contributed by atoms with Crippen LogP contribution in [0.15, 0.2) is 42.5 Å². The molecule has 4 nitrogen and oxygen atoms in total. The number of nitrogens with one attached hydrogen (secondary N) is 2. The number of hydrogen-bond donors (Lipinski definition) is 2. The van der Waals surface area contributed by atoms with Gasteiger partial charge in [-0.25, -0.2) is 0 Å². The zero-order chi connectivity index (χ0) is 16.7. The van der Waals surface area contributed by atoms with Crippen LogP contribution in [0.4, 0.5) is 5.69 Å². The van der Waals surface area contributed by atoms with Crippen LogP contribution >= 0.6 is 0 Å². The summed E-state index contributed by atoms with van der Waals surface area (Å²) in [5, 5.41) is 3.69. The van der Waals surface area contributed by atoms with E-state index in [1.807, 2.05) is 0 Å². The average Bonchev–Trinajstić information content (AvgIpc) is 2.98. The molecule has 1 saturated heterocycles. The molecule has 2 heterocycles. The molecule has 1 aromatic heterocycles. The maximum atomic E-state index is 4.96. The first-order valence-corrected chi connectivity index (χ1v) is 15.6. The molecule has 2 atom stereocenters. The Morgan fingerprint density at radius 3 is 2.71 bits per heavy atom. The number of anilines is 1. The van der Waals surface area contributed by atoms with Crippen molar-refractivity contribution >= 4 is 72.9 Å². The number of H-pyrrole nitrogens is 1. The Hall–Kier alpha value is 0.943. The fraction of sp³-hybridized carbons (Fsp3) is 0.278. The predicted octanol–water partition coefficient (Wildman–Crippen LogP) is 1.43. The molecule has 114 valence electrons. The van der Waals surface area contributed by atoms with E-state index < -0.39 is 0 Å². The van der Waals surface area contributed by atoms with Gasteiger partial charge in [0.05, 0.1) is 0 Å². The van der Waals surface area contributed by atoms with Crippen molar-refractivity contribution in [1.82, 2.24) is 15.3 Å². The molecule has 1 fully saturated rings. The van der Waals surface area contributed by atoms with Gasteiger partial charge in [0.2, 0.25) is 0 Å².